The summed E-state index contributed by atoms with van der Waals surface area (Å²) < 4.78 is 14.9. The maximum Gasteiger partial charge on any atom is 0.270 e. The predicted molar refractivity (Wildman–Crippen MR) is 97.3 cm³/mol. The molecule has 0 N–H and O–H groups in total. The van der Waals surface area contributed by atoms with Crippen molar-refractivity contribution in [3.63, 3.8) is 0 Å². The molecule has 0 fully saturated rings. The summed E-state index contributed by atoms with van der Waals surface area (Å²) in [5, 5.41) is 16.6. The van der Waals surface area contributed by atoms with E-state index in [1.54, 1.807) is 28.9 Å². The Kier molecular flexibility index (Phi) is 3.93. The van der Waals surface area contributed by atoms with Gasteiger partial charge in [0.05, 0.1) is 17.0 Å². The topological polar surface area (TPSA) is 61.0 Å². The van der Waals surface area contributed by atoms with Crippen LogP contribution in [0, 0.1) is 15.9 Å². The van der Waals surface area contributed by atoms with Crippen LogP contribution < -0.4 is 0 Å². The van der Waals surface area contributed by atoms with Crippen molar-refractivity contribution in [1.82, 2.24) is 9.78 Å². The van der Waals surface area contributed by atoms with E-state index in [4.69, 9.17) is 0 Å². The van der Waals surface area contributed by atoms with E-state index < -0.39 is 4.92 Å². The third-order valence-corrected chi connectivity index (χ3v) is 4.24. The first-order valence-electron chi connectivity index (χ1n) is 8.06. The predicted octanol–water partition coefficient (Wildman–Crippen LogP) is 4.80. The fraction of sp³-hybridized carbons (Fsp3) is 0.0500. The van der Waals surface area contributed by atoms with E-state index in [0.717, 1.165) is 16.6 Å². The van der Waals surface area contributed by atoms with Gasteiger partial charge in [-0.15, -0.1) is 0 Å². The quantitative estimate of drug-likeness (QED) is 0.393. The van der Waals surface area contributed by atoms with Crippen LogP contribution in [-0.2, 0) is 6.54 Å². The van der Waals surface area contributed by atoms with Gasteiger partial charge in [-0.1, -0.05) is 42.5 Å². The number of nitrogens with zero attached hydrogens (tertiary/aromatic N) is 3. The zero-order chi connectivity index (χ0) is 18.1. The van der Waals surface area contributed by atoms with Crippen molar-refractivity contribution in [3.05, 3.63) is 94.3 Å². The standard InChI is InChI=1S/C20H14FN3O2/c21-16-8-6-14(7-9-16)13-23-19-11-10-17(24(25)26)12-18(19)20(22-23)15-4-2-1-3-5-15/h1-12H,13H2. The number of nitro benzene ring substituents is 1. The third kappa shape index (κ3) is 2.93. The number of fused-ring (bicyclic) bond motifs is 1. The van der Waals surface area contributed by atoms with Gasteiger partial charge in [0.15, 0.2) is 0 Å². The maximum atomic E-state index is 13.1. The van der Waals surface area contributed by atoms with Gasteiger partial charge in [-0.2, -0.15) is 5.10 Å². The Morgan fingerprint density at radius 1 is 1.00 bits per heavy atom. The van der Waals surface area contributed by atoms with Crippen molar-refractivity contribution in [1.29, 1.82) is 0 Å². The molecule has 0 aliphatic heterocycles. The van der Waals surface area contributed by atoms with E-state index in [9.17, 15) is 14.5 Å². The van der Waals surface area contributed by atoms with Crippen LogP contribution in [0.4, 0.5) is 10.1 Å². The van der Waals surface area contributed by atoms with Gasteiger partial charge < -0.3 is 0 Å². The second-order valence-corrected chi connectivity index (χ2v) is 5.96. The van der Waals surface area contributed by atoms with Crippen LogP contribution in [0.2, 0.25) is 0 Å². The van der Waals surface area contributed by atoms with Crippen LogP contribution in [0.15, 0.2) is 72.8 Å². The van der Waals surface area contributed by atoms with E-state index in [-0.39, 0.29) is 11.5 Å². The molecular formula is C20H14FN3O2. The van der Waals surface area contributed by atoms with Gasteiger partial charge in [0.25, 0.3) is 5.69 Å². The molecular weight excluding hydrogens is 333 g/mol. The number of non-ortho nitro benzene ring substituents is 1. The van der Waals surface area contributed by atoms with Gasteiger partial charge >= 0.3 is 0 Å². The molecule has 0 aliphatic carbocycles. The maximum absolute atomic E-state index is 13.1. The molecule has 4 aromatic rings. The van der Waals surface area contributed by atoms with Crippen molar-refractivity contribution in [3.8, 4) is 11.3 Å². The molecule has 0 atom stereocenters. The summed E-state index contributed by atoms with van der Waals surface area (Å²) in [4.78, 5) is 10.8. The molecule has 0 bridgehead atoms. The molecule has 26 heavy (non-hydrogen) atoms. The van der Waals surface area contributed by atoms with Crippen molar-refractivity contribution in [2.45, 2.75) is 6.54 Å². The Morgan fingerprint density at radius 2 is 1.73 bits per heavy atom. The van der Waals surface area contributed by atoms with Gasteiger partial charge in [0.1, 0.15) is 11.5 Å². The Labute approximate surface area is 148 Å². The second kappa shape index (κ2) is 6.40. The highest BCUT2D eigenvalue weighted by molar-refractivity contribution is 5.94. The molecule has 4 rings (SSSR count). The monoisotopic (exact) mass is 347 g/mol. The number of hydrogen-bond donors (Lipinski definition) is 0. The van der Waals surface area contributed by atoms with E-state index in [1.165, 1.54) is 18.2 Å². The third-order valence-electron chi connectivity index (χ3n) is 4.24. The fourth-order valence-electron chi connectivity index (χ4n) is 2.97. The van der Waals surface area contributed by atoms with Crippen LogP contribution in [0.3, 0.4) is 0 Å². The zero-order valence-corrected chi connectivity index (χ0v) is 13.7. The van der Waals surface area contributed by atoms with Gasteiger partial charge in [-0.05, 0) is 23.8 Å². The van der Waals surface area contributed by atoms with Crippen molar-refractivity contribution in [2.24, 2.45) is 0 Å². The SMILES string of the molecule is O=[N+]([O-])c1ccc2c(c1)c(-c1ccccc1)nn2Cc1ccc(F)cc1. The van der Waals surface area contributed by atoms with Gasteiger partial charge in [-0.25, -0.2) is 4.39 Å². The van der Waals surface area contributed by atoms with Gasteiger partial charge in [0.2, 0.25) is 0 Å². The molecule has 0 saturated carbocycles. The molecule has 1 heterocycles. The van der Waals surface area contributed by atoms with Crippen molar-refractivity contribution in [2.75, 3.05) is 0 Å². The van der Waals surface area contributed by atoms with E-state index in [0.29, 0.717) is 17.6 Å². The number of benzene rings is 3. The molecule has 0 unspecified atom stereocenters. The molecule has 128 valence electrons. The minimum Gasteiger partial charge on any atom is -0.260 e. The molecule has 0 saturated heterocycles. The number of hydrogen-bond acceptors (Lipinski definition) is 3. The summed E-state index contributed by atoms with van der Waals surface area (Å²) >= 11 is 0. The van der Waals surface area contributed by atoms with E-state index in [2.05, 4.69) is 5.10 Å². The summed E-state index contributed by atoms with van der Waals surface area (Å²) in [6.07, 6.45) is 0. The highest BCUT2D eigenvalue weighted by Crippen LogP contribution is 2.31. The Morgan fingerprint density at radius 3 is 2.42 bits per heavy atom. The number of aromatic nitrogens is 2. The molecule has 3 aromatic carbocycles. The molecule has 0 aliphatic rings. The molecule has 5 nitrogen and oxygen atoms in total. The summed E-state index contributed by atoms with van der Waals surface area (Å²) in [5.74, 6) is -0.292. The highest BCUT2D eigenvalue weighted by atomic mass is 19.1. The first kappa shape index (κ1) is 16.0. The van der Waals surface area contributed by atoms with Gasteiger partial charge in [0, 0.05) is 23.1 Å². The highest BCUT2D eigenvalue weighted by Gasteiger charge is 2.16. The first-order chi connectivity index (χ1) is 12.6. The van der Waals surface area contributed by atoms with Gasteiger partial charge in [-0.3, -0.25) is 14.8 Å². The normalized spacial score (nSPS) is 11.0. The Balaban J connectivity index is 1.88. The molecule has 6 heteroatoms. The molecule has 0 spiro atoms. The molecule has 0 amide bonds. The fourth-order valence-corrected chi connectivity index (χ4v) is 2.97. The first-order valence-corrected chi connectivity index (χ1v) is 8.06. The molecule has 1 aromatic heterocycles. The summed E-state index contributed by atoms with van der Waals surface area (Å²) in [5.41, 5.74) is 3.28. The number of rotatable bonds is 4. The Bertz CT molecular complexity index is 1090. The largest absolute Gasteiger partial charge is 0.270 e. The lowest BCUT2D eigenvalue weighted by Crippen LogP contribution is -2.01. The number of nitro groups is 1. The minimum absolute atomic E-state index is 0.0241. The number of halogens is 1. The summed E-state index contributed by atoms with van der Waals surface area (Å²) in [6, 6.07) is 20.5. The van der Waals surface area contributed by atoms with Crippen molar-refractivity contribution >= 4 is 16.6 Å². The van der Waals surface area contributed by atoms with Crippen LogP contribution in [0.1, 0.15) is 5.56 Å². The van der Waals surface area contributed by atoms with Crippen molar-refractivity contribution < 1.29 is 9.31 Å². The summed E-state index contributed by atoms with van der Waals surface area (Å²) in [7, 11) is 0. The average molecular weight is 347 g/mol. The van der Waals surface area contributed by atoms with Crippen LogP contribution >= 0.6 is 0 Å². The zero-order valence-electron chi connectivity index (χ0n) is 13.7. The minimum atomic E-state index is -0.411. The van der Waals surface area contributed by atoms with Crippen LogP contribution in [0.5, 0.6) is 0 Å². The Hall–Kier alpha value is -3.54. The van der Waals surface area contributed by atoms with E-state index in [1.807, 2.05) is 30.3 Å². The molecule has 0 radical (unpaired) electrons. The lowest BCUT2D eigenvalue weighted by atomic mass is 10.1. The lowest BCUT2D eigenvalue weighted by molar-refractivity contribution is -0.384. The van der Waals surface area contributed by atoms with Crippen LogP contribution in [0.25, 0.3) is 22.2 Å². The smallest absolute Gasteiger partial charge is 0.260 e. The summed E-state index contributed by atoms with van der Waals surface area (Å²) in [6.45, 7) is 0.446. The second-order valence-electron chi connectivity index (χ2n) is 5.96. The van der Waals surface area contributed by atoms with E-state index >= 15 is 0 Å². The average Bonchev–Trinajstić information content (AvgIpc) is 3.02. The lowest BCUT2D eigenvalue weighted by Gasteiger charge is -2.04. The van der Waals surface area contributed by atoms with Crippen LogP contribution in [-0.4, -0.2) is 14.7 Å².